The number of ether oxygens (including phenoxy) is 1. The molecule has 1 fully saturated rings. The monoisotopic (exact) mass is 329 g/mol. The maximum Gasteiger partial charge on any atom is 0.410 e. The first-order chi connectivity index (χ1) is 11.2. The zero-order valence-electron chi connectivity index (χ0n) is 15.1. The van der Waals surface area contributed by atoms with E-state index in [0.29, 0.717) is 18.8 Å². The molecule has 130 valence electrons. The number of benzene rings is 1. The molecule has 0 spiro atoms. The standard InChI is InChI=1S/C19H27N3O2/c1-6-15-11-17(20)12-16(14(15)2)13-21-7-9-22(10-8-21)18(23)24-19(3,4)5/h1,11-12H,7-10,13,20H2,2-5H3. The predicted molar refractivity (Wildman–Crippen MR) is 96.6 cm³/mol. The van der Waals surface area contributed by atoms with E-state index >= 15 is 0 Å². The minimum absolute atomic E-state index is 0.239. The van der Waals surface area contributed by atoms with Gasteiger partial charge in [0, 0.05) is 44.0 Å². The van der Waals surface area contributed by atoms with Gasteiger partial charge in [0.05, 0.1) is 0 Å². The lowest BCUT2D eigenvalue weighted by Crippen LogP contribution is -2.49. The van der Waals surface area contributed by atoms with Crippen LogP contribution in [0.1, 0.15) is 37.5 Å². The number of amides is 1. The second kappa shape index (κ2) is 7.14. The predicted octanol–water partition coefficient (Wildman–Crippen LogP) is 2.61. The Balaban J connectivity index is 1.96. The second-order valence-corrected chi connectivity index (χ2v) is 7.24. The highest BCUT2D eigenvalue weighted by Crippen LogP contribution is 2.20. The second-order valence-electron chi connectivity index (χ2n) is 7.24. The molecule has 5 nitrogen and oxygen atoms in total. The van der Waals surface area contributed by atoms with Crippen molar-refractivity contribution in [3.05, 3.63) is 28.8 Å². The number of nitrogen functional groups attached to an aromatic ring is 1. The van der Waals surface area contributed by atoms with Gasteiger partial charge in [0.1, 0.15) is 5.60 Å². The van der Waals surface area contributed by atoms with E-state index in [9.17, 15) is 4.79 Å². The van der Waals surface area contributed by atoms with Gasteiger partial charge < -0.3 is 15.4 Å². The molecule has 2 N–H and O–H groups in total. The normalized spacial score (nSPS) is 15.9. The number of piperazine rings is 1. The lowest BCUT2D eigenvalue weighted by atomic mass is 10.0. The Kier molecular flexibility index (Phi) is 5.40. The molecule has 1 saturated heterocycles. The number of anilines is 1. The fourth-order valence-electron chi connectivity index (χ4n) is 2.77. The van der Waals surface area contributed by atoms with E-state index in [4.69, 9.17) is 16.9 Å². The maximum absolute atomic E-state index is 12.1. The molecule has 0 atom stereocenters. The van der Waals surface area contributed by atoms with E-state index in [1.54, 1.807) is 4.90 Å². The smallest absolute Gasteiger partial charge is 0.410 e. The summed E-state index contributed by atoms with van der Waals surface area (Å²) in [6.45, 7) is 11.4. The van der Waals surface area contributed by atoms with Crippen LogP contribution in [0.3, 0.4) is 0 Å². The van der Waals surface area contributed by atoms with Crippen LogP contribution in [-0.4, -0.2) is 47.7 Å². The highest BCUT2D eigenvalue weighted by atomic mass is 16.6. The van der Waals surface area contributed by atoms with E-state index in [2.05, 4.69) is 10.8 Å². The van der Waals surface area contributed by atoms with Gasteiger partial charge >= 0.3 is 6.09 Å². The maximum atomic E-state index is 12.1. The first kappa shape index (κ1) is 18.2. The zero-order valence-corrected chi connectivity index (χ0v) is 15.1. The van der Waals surface area contributed by atoms with Crippen molar-refractivity contribution in [2.24, 2.45) is 0 Å². The van der Waals surface area contributed by atoms with Crippen LogP contribution in [0.15, 0.2) is 12.1 Å². The van der Waals surface area contributed by atoms with Crippen molar-refractivity contribution in [1.82, 2.24) is 9.80 Å². The van der Waals surface area contributed by atoms with E-state index < -0.39 is 5.60 Å². The number of rotatable bonds is 2. The van der Waals surface area contributed by atoms with Crippen molar-refractivity contribution in [3.63, 3.8) is 0 Å². The summed E-state index contributed by atoms with van der Waals surface area (Å²) in [6, 6.07) is 3.82. The van der Waals surface area contributed by atoms with Crippen LogP contribution < -0.4 is 5.73 Å². The number of terminal acetylenes is 1. The summed E-state index contributed by atoms with van der Waals surface area (Å²) < 4.78 is 5.43. The van der Waals surface area contributed by atoms with Gasteiger partial charge in [-0.25, -0.2) is 4.79 Å². The minimum atomic E-state index is -0.460. The van der Waals surface area contributed by atoms with Crippen LogP contribution in [0.5, 0.6) is 0 Å². The van der Waals surface area contributed by atoms with Crippen molar-refractivity contribution < 1.29 is 9.53 Å². The summed E-state index contributed by atoms with van der Waals surface area (Å²) in [5.74, 6) is 2.69. The molecule has 0 unspecified atom stereocenters. The van der Waals surface area contributed by atoms with Gasteiger partial charge in [-0.2, -0.15) is 0 Å². The van der Waals surface area contributed by atoms with Gasteiger partial charge in [0.25, 0.3) is 0 Å². The number of nitrogens with zero attached hydrogens (tertiary/aromatic N) is 2. The Hall–Kier alpha value is -2.19. The van der Waals surface area contributed by atoms with Crippen LogP contribution >= 0.6 is 0 Å². The molecule has 1 amide bonds. The Labute approximate surface area is 144 Å². The quantitative estimate of drug-likeness (QED) is 0.669. The molecule has 0 bridgehead atoms. The Morgan fingerprint density at radius 1 is 1.29 bits per heavy atom. The van der Waals surface area contributed by atoms with Gasteiger partial charge in [-0.05, 0) is 51.0 Å². The summed E-state index contributed by atoms with van der Waals surface area (Å²) in [5.41, 5.74) is 9.27. The van der Waals surface area contributed by atoms with Crippen LogP contribution in [0, 0.1) is 19.3 Å². The molecule has 1 heterocycles. The molecule has 1 aliphatic rings. The molecular formula is C19H27N3O2. The van der Waals surface area contributed by atoms with E-state index in [-0.39, 0.29) is 6.09 Å². The zero-order chi connectivity index (χ0) is 17.9. The van der Waals surface area contributed by atoms with Gasteiger partial charge in [-0.3, -0.25) is 4.90 Å². The average molecular weight is 329 g/mol. The van der Waals surface area contributed by atoms with Gasteiger partial charge in [0.2, 0.25) is 0 Å². The Morgan fingerprint density at radius 2 is 1.92 bits per heavy atom. The molecule has 0 aliphatic carbocycles. The highest BCUT2D eigenvalue weighted by Gasteiger charge is 2.26. The topological polar surface area (TPSA) is 58.8 Å². The number of carbonyl (C=O) groups is 1. The molecular weight excluding hydrogens is 302 g/mol. The number of nitrogens with two attached hydrogens (primary N) is 1. The molecule has 5 heteroatoms. The minimum Gasteiger partial charge on any atom is -0.444 e. The third-order valence-corrected chi connectivity index (χ3v) is 4.11. The van der Waals surface area contributed by atoms with Gasteiger partial charge in [-0.1, -0.05) is 5.92 Å². The third-order valence-electron chi connectivity index (χ3n) is 4.11. The van der Waals surface area contributed by atoms with Crippen molar-refractivity contribution in [1.29, 1.82) is 0 Å². The van der Waals surface area contributed by atoms with Crippen molar-refractivity contribution in [2.75, 3.05) is 31.9 Å². The lowest BCUT2D eigenvalue weighted by molar-refractivity contribution is 0.0139. The van der Waals surface area contributed by atoms with Crippen LogP contribution in [-0.2, 0) is 11.3 Å². The summed E-state index contributed by atoms with van der Waals surface area (Å²) in [4.78, 5) is 16.2. The molecule has 2 rings (SSSR count). The summed E-state index contributed by atoms with van der Waals surface area (Å²) >= 11 is 0. The molecule has 1 aromatic rings. The Bertz CT molecular complexity index is 648. The summed E-state index contributed by atoms with van der Waals surface area (Å²) in [5, 5.41) is 0. The molecule has 0 saturated carbocycles. The van der Waals surface area contributed by atoms with Crippen LogP contribution in [0.2, 0.25) is 0 Å². The van der Waals surface area contributed by atoms with E-state index in [1.807, 2.05) is 39.8 Å². The van der Waals surface area contributed by atoms with E-state index in [1.165, 1.54) is 0 Å². The van der Waals surface area contributed by atoms with E-state index in [0.717, 1.165) is 36.3 Å². The molecule has 0 radical (unpaired) electrons. The highest BCUT2D eigenvalue weighted by molar-refractivity contribution is 5.68. The summed E-state index contributed by atoms with van der Waals surface area (Å²) in [7, 11) is 0. The lowest BCUT2D eigenvalue weighted by Gasteiger charge is -2.35. The molecule has 24 heavy (non-hydrogen) atoms. The first-order valence-corrected chi connectivity index (χ1v) is 8.25. The molecule has 0 aromatic heterocycles. The SMILES string of the molecule is C#Cc1cc(N)cc(CN2CCN(C(=O)OC(C)(C)C)CC2)c1C. The third kappa shape index (κ3) is 4.65. The fourth-order valence-corrected chi connectivity index (χ4v) is 2.77. The number of carbonyl (C=O) groups excluding carboxylic acids is 1. The summed E-state index contributed by atoms with van der Waals surface area (Å²) in [6.07, 6.45) is 5.31. The first-order valence-electron chi connectivity index (χ1n) is 8.25. The number of hydrogen-bond donors (Lipinski definition) is 1. The largest absolute Gasteiger partial charge is 0.444 e. The average Bonchev–Trinajstić information content (AvgIpc) is 2.49. The van der Waals surface area contributed by atoms with Crippen molar-refractivity contribution >= 4 is 11.8 Å². The Morgan fingerprint density at radius 3 is 2.46 bits per heavy atom. The van der Waals surface area contributed by atoms with Crippen molar-refractivity contribution in [3.8, 4) is 12.3 Å². The van der Waals surface area contributed by atoms with Gasteiger partial charge in [0.15, 0.2) is 0 Å². The molecule has 1 aliphatic heterocycles. The number of hydrogen-bond acceptors (Lipinski definition) is 4. The van der Waals surface area contributed by atoms with Crippen LogP contribution in [0.25, 0.3) is 0 Å². The van der Waals surface area contributed by atoms with Crippen molar-refractivity contribution in [2.45, 2.75) is 39.8 Å². The molecule has 1 aromatic carbocycles. The fraction of sp³-hybridized carbons (Fsp3) is 0.526. The van der Waals surface area contributed by atoms with Gasteiger partial charge in [-0.15, -0.1) is 6.42 Å². The van der Waals surface area contributed by atoms with Crippen LogP contribution in [0.4, 0.5) is 10.5 Å².